The number of hydrogen-bond donors (Lipinski definition) is 0. The molecule has 0 unspecified atom stereocenters. The van der Waals surface area contributed by atoms with Crippen molar-refractivity contribution in [1.29, 1.82) is 5.26 Å². The number of nitriles is 1. The van der Waals surface area contributed by atoms with Gasteiger partial charge < -0.3 is 8.98 Å². The van der Waals surface area contributed by atoms with Crippen LogP contribution in [0, 0.1) is 11.3 Å². The highest BCUT2D eigenvalue weighted by molar-refractivity contribution is 5.77. The molecule has 0 spiro atoms. The number of benzene rings is 1. The fourth-order valence-corrected chi connectivity index (χ4v) is 2.22. The normalized spacial score (nSPS) is 10.7. The second-order valence-corrected chi connectivity index (χ2v) is 4.48. The zero-order chi connectivity index (χ0) is 13.2. The van der Waals surface area contributed by atoms with Crippen LogP contribution in [-0.4, -0.2) is 9.55 Å². The second-order valence-electron chi connectivity index (χ2n) is 4.48. The zero-order valence-electron chi connectivity index (χ0n) is 10.6. The molecule has 0 N–H and O–H groups in total. The molecular formula is C15H13N3O. The maximum atomic E-state index is 8.93. The lowest BCUT2D eigenvalue weighted by Gasteiger charge is -2.01. The third-order valence-corrected chi connectivity index (χ3v) is 3.28. The van der Waals surface area contributed by atoms with Crippen molar-refractivity contribution in [1.82, 2.24) is 9.55 Å². The van der Waals surface area contributed by atoms with E-state index in [1.54, 1.807) is 12.3 Å². The van der Waals surface area contributed by atoms with Crippen molar-refractivity contribution < 1.29 is 4.42 Å². The molecule has 3 rings (SSSR count). The van der Waals surface area contributed by atoms with Crippen LogP contribution in [0.5, 0.6) is 0 Å². The van der Waals surface area contributed by atoms with Crippen molar-refractivity contribution >= 4 is 11.0 Å². The first kappa shape index (κ1) is 11.5. The van der Waals surface area contributed by atoms with Gasteiger partial charge in [-0.2, -0.15) is 5.26 Å². The van der Waals surface area contributed by atoms with Gasteiger partial charge in [0.2, 0.25) is 0 Å². The summed E-state index contributed by atoms with van der Waals surface area (Å²) in [6.45, 7) is 0. The Balaban J connectivity index is 1.92. The minimum absolute atomic E-state index is 0.660. The Hall–Kier alpha value is -2.54. The van der Waals surface area contributed by atoms with Crippen molar-refractivity contribution in [2.45, 2.75) is 12.8 Å². The van der Waals surface area contributed by atoms with E-state index in [0.717, 1.165) is 35.5 Å². The van der Waals surface area contributed by atoms with Gasteiger partial charge in [0.15, 0.2) is 0 Å². The number of hydrogen-bond acceptors (Lipinski definition) is 3. The second kappa shape index (κ2) is 4.62. The first-order chi connectivity index (χ1) is 9.28. The summed E-state index contributed by atoms with van der Waals surface area (Å²) in [5, 5.41) is 8.93. The highest BCUT2D eigenvalue weighted by atomic mass is 16.3. The van der Waals surface area contributed by atoms with Gasteiger partial charge in [0.1, 0.15) is 11.6 Å². The summed E-state index contributed by atoms with van der Waals surface area (Å²) >= 11 is 0. The predicted molar refractivity (Wildman–Crippen MR) is 71.5 cm³/mol. The lowest BCUT2D eigenvalue weighted by molar-refractivity contribution is 0.505. The van der Waals surface area contributed by atoms with Crippen molar-refractivity contribution in [3.8, 4) is 6.07 Å². The molecule has 19 heavy (non-hydrogen) atoms. The van der Waals surface area contributed by atoms with Crippen molar-refractivity contribution in [3.05, 3.63) is 53.7 Å². The minimum Gasteiger partial charge on any atom is -0.469 e. The number of aromatic nitrogens is 2. The summed E-state index contributed by atoms with van der Waals surface area (Å²) in [6, 6.07) is 11.6. The Labute approximate surface area is 110 Å². The van der Waals surface area contributed by atoms with Gasteiger partial charge in [0.05, 0.1) is 28.9 Å². The Kier molecular flexibility index (Phi) is 2.81. The summed E-state index contributed by atoms with van der Waals surface area (Å²) in [5.74, 6) is 1.96. The van der Waals surface area contributed by atoms with Gasteiger partial charge in [-0.05, 0) is 30.3 Å². The van der Waals surface area contributed by atoms with Gasteiger partial charge in [-0.15, -0.1) is 0 Å². The molecule has 0 saturated heterocycles. The summed E-state index contributed by atoms with van der Waals surface area (Å²) in [6.07, 6.45) is 3.33. The van der Waals surface area contributed by atoms with Gasteiger partial charge in [0, 0.05) is 19.9 Å². The summed E-state index contributed by atoms with van der Waals surface area (Å²) in [4.78, 5) is 4.60. The van der Waals surface area contributed by atoms with Gasteiger partial charge in [-0.1, -0.05) is 0 Å². The van der Waals surface area contributed by atoms with Crippen LogP contribution in [0.3, 0.4) is 0 Å². The molecule has 0 bridgehead atoms. The van der Waals surface area contributed by atoms with E-state index in [-0.39, 0.29) is 0 Å². The molecule has 2 heterocycles. The van der Waals surface area contributed by atoms with E-state index < -0.39 is 0 Å². The summed E-state index contributed by atoms with van der Waals surface area (Å²) in [7, 11) is 1.98. The fourth-order valence-electron chi connectivity index (χ4n) is 2.22. The number of nitrogens with zero attached hydrogens (tertiary/aromatic N) is 3. The number of rotatable bonds is 3. The molecule has 0 saturated carbocycles. The quantitative estimate of drug-likeness (QED) is 0.719. The van der Waals surface area contributed by atoms with Gasteiger partial charge >= 0.3 is 0 Å². The van der Waals surface area contributed by atoms with E-state index in [1.807, 2.05) is 35.9 Å². The third kappa shape index (κ3) is 2.11. The van der Waals surface area contributed by atoms with E-state index in [1.165, 1.54) is 0 Å². The Bertz CT molecular complexity index is 748. The Morgan fingerprint density at radius 3 is 2.95 bits per heavy atom. The van der Waals surface area contributed by atoms with Crippen molar-refractivity contribution in [2.75, 3.05) is 0 Å². The van der Waals surface area contributed by atoms with Crippen LogP contribution >= 0.6 is 0 Å². The monoisotopic (exact) mass is 251 g/mol. The molecular weight excluding hydrogens is 238 g/mol. The average molecular weight is 251 g/mol. The molecule has 0 aliphatic carbocycles. The average Bonchev–Trinajstić information content (AvgIpc) is 3.05. The van der Waals surface area contributed by atoms with Crippen LogP contribution in [-0.2, 0) is 19.9 Å². The fraction of sp³-hybridized carbons (Fsp3) is 0.200. The number of imidazole rings is 1. The van der Waals surface area contributed by atoms with Crippen molar-refractivity contribution in [3.63, 3.8) is 0 Å². The maximum absolute atomic E-state index is 8.93. The molecule has 3 aromatic rings. The maximum Gasteiger partial charge on any atom is 0.110 e. The standard InChI is InChI=1S/C15H13N3O/c1-18-14-9-11(10-16)4-6-13(14)17-15(18)7-5-12-3-2-8-19-12/h2-4,6,8-9H,5,7H2,1H3. The molecule has 4 nitrogen and oxygen atoms in total. The summed E-state index contributed by atoms with van der Waals surface area (Å²) < 4.78 is 7.37. The molecule has 0 atom stereocenters. The van der Waals surface area contributed by atoms with Gasteiger partial charge in [-0.25, -0.2) is 4.98 Å². The third-order valence-electron chi connectivity index (χ3n) is 3.28. The lowest BCUT2D eigenvalue weighted by Crippen LogP contribution is -1.99. The van der Waals surface area contributed by atoms with Crippen LogP contribution in [0.1, 0.15) is 17.1 Å². The van der Waals surface area contributed by atoms with Crippen LogP contribution in [0.2, 0.25) is 0 Å². The SMILES string of the molecule is Cn1c(CCc2ccco2)nc2ccc(C#N)cc21. The predicted octanol–water partition coefficient (Wildman–Crippen LogP) is 2.82. The molecule has 0 fully saturated rings. The molecule has 94 valence electrons. The van der Waals surface area contributed by atoms with Gasteiger partial charge in [-0.3, -0.25) is 0 Å². The molecule has 0 aliphatic heterocycles. The van der Waals surface area contributed by atoms with Crippen LogP contribution in [0.25, 0.3) is 11.0 Å². The first-order valence-electron chi connectivity index (χ1n) is 6.16. The highest BCUT2D eigenvalue weighted by Gasteiger charge is 2.09. The van der Waals surface area contributed by atoms with Crippen LogP contribution in [0.4, 0.5) is 0 Å². The van der Waals surface area contributed by atoms with E-state index in [2.05, 4.69) is 11.1 Å². The number of aryl methyl sites for hydroxylation is 3. The molecule has 2 aromatic heterocycles. The van der Waals surface area contributed by atoms with Crippen LogP contribution in [0.15, 0.2) is 41.0 Å². The zero-order valence-corrected chi connectivity index (χ0v) is 10.6. The largest absolute Gasteiger partial charge is 0.469 e. The van der Waals surface area contributed by atoms with Crippen molar-refractivity contribution in [2.24, 2.45) is 7.05 Å². The van der Waals surface area contributed by atoms with Gasteiger partial charge in [0.25, 0.3) is 0 Å². The first-order valence-corrected chi connectivity index (χ1v) is 6.16. The van der Waals surface area contributed by atoms with E-state index in [9.17, 15) is 0 Å². The molecule has 0 amide bonds. The number of fused-ring (bicyclic) bond motifs is 1. The molecule has 0 radical (unpaired) electrons. The Morgan fingerprint density at radius 2 is 2.21 bits per heavy atom. The highest BCUT2D eigenvalue weighted by Crippen LogP contribution is 2.18. The van der Waals surface area contributed by atoms with E-state index >= 15 is 0 Å². The topological polar surface area (TPSA) is 54.8 Å². The lowest BCUT2D eigenvalue weighted by atomic mass is 10.2. The van der Waals surface area contributed by atoms with E-state index in [4.69, 9.17) is 9.68 Å². The Morgan fingerprint density at radius 1 is 1.32 bits per heavy atom. The minimum atomic E-state index is 0.660. The van der Waals surface area contributed by atoms with E-state index in [0.29, 0.717) is 5.56 Å². The molecule has 1 aromatic carbocycles. The smallest absolute Gasteiger partial charge is 0.110 e. The number of furan rings is 1. The van der Waals surface area contributed by atoms with Crippen LogP contribution < -0.4 is 0 Å². The summed E-state index contributed by atoms with van der Waals surface area (Å²) in [5.41, 5.74) is 2.58. The molecule has 0 aliphatic rings. The molecule has 4 heteroatoms.